The van der Waals surface area contributed by atoms with Crippen molar-refractivity contribution < 1.29 is 19.0 Å². The standard InChI is InChI=1S/C15H21NO4/c1-18-14-4-2-3-12(13(17)5-8-16)15(14)20-11-6-9-19-10-7-11/h2-4,11H,5-10,16H2,1H3. The van der Waals surface area contributed by atoms with E-state index in [9.17, 15) is 4.79 Å². The topological polar surface area (TPSA) is 70.8 Å². The number of Topliss-reactive ketones (excluding diaryl/α,β-unsaturated/α-hetero) is 1. The van der Waals surface area contributed by atoms with Crippen LogP contribution in [0.4, 0.5) is 0 Å². The molecule has 0 saturated carbocycles. The Morgan fingerprint density at radius 1 is 1.40 bits per heavy atom. The van der Waals surface area contributed by atoms with E-state index in [-0.39, 0.29) is 11.9 Å². The maximum atomic E-state index is 12.1. The molecule has 1 aliphatic rings. The first-order chi connectivity index (χ1) is 9.76. The van der Waals surface area contributed by atoms with Gasteiger partial charge in [-0.25, -0.2) is 0 Å². The Hall–Kier alpha value is -1.59. The zero-order chi connectivity index (χ0) is 14.4. The van der Waals surface area contributed by atoms with Crippen LogP contribution in [0.5, 0.6) is 11.5 Å². The minimum atomic E-state index is -0.0199. The second kappa shape index (κ2) is 7.26. The lowest BCUT2D eigenvalue weighted by atomic mass is 10.1. The van der Waals surface area contributed by atoms with E-state index < -0.39 is 0 Å². The molecule has 5 heteroatoms. The number of hydrogen-bond donors (Lipinski definition) is 1. The third-order valence-corrected chi connectivity index (χ3v) is 3.32. The second-order valence-electron chi connectivity index (χ2n) is 4.73. The molecule has 0 aromatic heterocycles. The molecule has 2 rings (SSSR count). The molecule has 0 radical (unpaired) electrons. The molecular weight excluding hydrogens is 258 g/mol. The van der Waals surface area contributed by atoms with Crippen molar-refractivity contribution in [3.63, 3.8) is 0 Å². The fourth-order valence-corrected chi connectivity index (χ4v) is 2.24. The van der Waals surface area contributed by atoms with Crippen molar-refractivity contribution in [1.29, 1.82) is 0 Å². The number of methoxy groups -OCH3 is 1. The van der Waals surface area contributed by atoms with Crippen molar-refractivity contribution in [2.75, 3.05) is 26.9 Å². The van der Waals surface area contributed by atoms with E-state index in [0.717, 1.165) is 12.8 Å². The van der Waals surface area contributed by atoms with Gasteiger partial charge in [0.05, 0.1) is 25.9 Å². The highest BCUT2D eigenvalue weighted by Gasteiger charge is 2.22. The van der Waals surface area contributed by atoms with Gasteiger partial charge in [0.1, 0.15) is 6.10 Å². The maximum Gasteiger partial charge on any atom is 0.172 e. The number of carbonyl (C=O) groups is 1. The van der Waals surface area contributed by atoms with Gasteiger partial charge in [-0.15, -0.1) is 0 Å². The third kappa shape index (κ3) is 3.49. The van der Waals surface area contributed by atoms with Crippen LogP contribution < -0.4 is 15.2 Å². The van der Waals surface area contributed by atoms with Gasteiger partial charge in [0.25, 0.3) is 0 Å². The molecule has 0 amide bonds. The molecule has 0 unspecified atom stereocenters. The minimum Gasteiger partial charge on any atom is -0.493 e. The van der Waals surface area contributed by atoms with Crippen molar-refractivity contribution in [2.45, 2.75) is 25.4 Å². The lowest BCUT2D eigenvalue weighted by Gasteiger charge is -2.25. The Balaban J connectivity index is 2.24. The van der Waals surface area contributed by atoms with Crippen LogP contribution >= 0.6 is 0 Å². The predicted molar refractivity (Wildman–Crippen MR) is 75.5 cm³/mol. The predicted octanol–water partition coefficient (Wildman–Crippen LogP) is 1.78. The molecule has 1 heterocycles. The molecular formula is C15H21NO4. The molecule has 20 heavy (non-hydrogen) atoms. The van der Waals surface area contributed by atoms with Gasteiger partial charge in [0.2, 0.25) is 0 Å². The minimum absolute atomic E-state index is 0.0199. The number of carbonyl (C=O) groups excluding carboxylic acids is 1. The number of para-hydroxylation sites is 1. The van der Waals surface area contributed by atoms with Crippen LogP contribution in [-0.4, -0.2) is 38.8 Å². The molecule has 0 spiro atoms. The molecule has 0 atom stereocenters. The fraction of sp³-hybridized carbons (Fsp3) is 0.533. The maximum absolute atomic E-state index is 12.1. The largest absolute Gasteiger partial charge is 0.493 e. The summed E-state index contributed by atoms with van der Waals surface area (Å²) in [4.78, 5) is 12.1. The van der Waals surface area contributed by atoms with Gasteiger partial charge in [0, 0.05) is 19.3 Å². The molecule has 5 nitrogen and oxygen atoms in total. The van der Waals surface area contributed by atoms with Crippen molar-refractivity contribution in [3.8, 4) is 11.5 Å². The van der Waals surface area contributed by atoms with Crippen LogP contribution in [0.15, 0.2) is 18.2 Å². The molecule has 1 aromatic carbocycles. The highest BCUT2D eigenvalue weighted by Crippen LogP contribution is 2.34. The van der Waals surface area contributed by atoms with Gasteiger partial charge in [0.15, 0.2) is 17.3 Å². The molecule has 0 aliphatic carbocycles. The average molecular weight is 279 g/mol. The van der Waals surface area contributed by atoms with Crippen molar-refractivity contribution >= 4 is 5.78 Å². The SMILES string of the molecule is COc1cccc(C(=O)CCN)c1OC1CCOCC1. The Morgan fingerprint density at radius 2 is 2.15 bits per heavy atom. The van der Waals surface area contributed by atoms with E-state index in [1.165, 1.54) is 0 Å². The summed E-state index contributed by atoms with van der Waals surface area (Å²) in [5.74, 6) is 1.09. The molecule has 1 aliphatic heterocycles. The van der Waals surface area contributed by atoms with Crippen LogP contribution in [0.2, 0.25) is 0 Å². The molecule has 1 fully saturated rings. The van der Waals surface area contributed by atoms with Gasteiger partial charge in [-0.05, 0) is 18.7 Å². The highest BCUT2D eigenvalue weighted by molar-refractivity contribution is 5.99. The lowest BCUT2D eigenvalue weighted by molar-refractivity contribution is 0.0242. The quantitative estimate of drug-likeness (QED) is 0.804. The average Bonchev–Trinajstić information content (AvgIpc) is 2.48. The van der Waals surface area contributed by atoms with Gasteiger partial charge in [-0.2, -0.15) is 0 Å². The number of benzene rings is 1. The van der Waals surface area contributed by atoms with E-state index in [1.807, 2.05) is 0 Å². The van der Waals surface area contributed by atoms with Crippen LogP contribution in [0, 0.1) is 0 Å². The highest BCUT2D eigenvalue weighted by atomic mass is 16.5. The summed E-state index contributed by atoms with van der Waals surface area (Å²) in [5, 5.41) is 0. The Morgan fingerprint density at radius 3 is 2.80 bits per heavy atom. The van der Waals surface area contributed by atoms with Crippen LogP contribution in [0.1, 0.15) is 29.6 Å². The number of nitrogens with two attached hydrogens (primary N) is 1. The van der Waals surface area contributed by atoms with Crippen molar-refractivity contribution in [3.05, 3.63) is 23.8 Å². The second-order valence-corrected chi connectivity index (χ2v) is 4.73. The van der Waals surface area contributed by atoms with Crippen LogP contribution in [0.25, 0.3) is 0 Å². The van der Waals surface area contributed by atoms with Gasteiger partial charge < -0.3 is 19.9 Å². The number of hydrogen-bond acceptors (Lipinski definition) is 5. The third-order valence-electron chi connectivity index (χ3n) is 3.32. The Bertz CT molecular complexity index is 455. The zero-order valence-electron chi connectivity index (χ0n) is 11.8. The summed E-state index contributed by atoms with van der Waals surface area (Å²) in [5.41, 5.74) is 6.01. The van der Waals surface area contributed by atoms with E-state index in [2.05, 4.69) is 0 Å². The number of ketones is 1. The van der Waals surface area contributed by atoms with Crippen molar-refractivity contribution in [2.24, 2.45) is 5.73 Å². The molecule has 1 aromatic rings. The summed E-state index contributed by atoms with van der Waals surface area (Å²) in [6.45, 7) is 1.70. The normalized spacial score (nSPS) is 15.9. The first kappa shape index (κ1) is 14.8. The molecule has 1 saturated heterocycles. The molecule has 2 N–H and O–H groups in total. The summed E-state index contributed by atoms with van der Waals surface area (Å²) >= 11 is 0. The van der Waals surface area contributed by atoms with Gasteiger partial charge in [-0.3, -0.25) is 4.79 Å². The first-order valence-corrected chi connectivity index (χ1v) is 6.91. The fourth-order valence-electron chi connectivity index (χ4n) is 2.24. The van der Waals surface area contributed by atoms with E-state index in [4.69, 9.17) is 19.9 Å². The summed E-state index contributed by atoms with van der Waals surface area (Å²) in [6, 6.07) is 5.35. The van der Waals surface area contributed by atoms with E-state index >= 15 is 0 Å². The summed E-state index contributed by atoms with van der Waals surface area (Å²) < 4.78 is 16.6. The zero-order valence-corrected chi connectivity index (χ0v) is 11.8. The molecule has 110 valence electrons. The summed E-state index contributed by atoms with van der Waals surface area (Å²) in [7, 11) is 1.57. The molecule has 0 bridgehead atoms. The Kier molecular flexibility index (Phi) is 5.38. The summed E-state index contributed by atoms with van der Waals surface area (Å²) in [6.07, 6.45) is 2.01. The van der Waals surface area contributed by atoms with Gasteiger partial charge in [-0.1, -0.05) is 6.07 Å². The van der Waals surface area contributed by atoms with Crippen LogP contribution in [-0.2, 0) is 4.74 Å². The van der Waals surface area contributed by atoms with E-state index in [0.29, 0.717) is 43.2 Å². The van der Waals surface area contributed by atoms with Gasteiger partial charge >= 0.3 is 0 Å². The first-order valence-electron chi connectivity index (χ1n) is 6.91. The van der Waals surface area contributed by atoms with E-state index in [1.54, 1.807) is 25.3 Å². The lowest BCUT2D eigenvalue weighted by Crippen LogP contribution is -2.26. The Labute approximate surface area is 119 Å². The van der Waals surface area contributed by atoms with Crippen molar-refractivity contribution in [1.82, 2.24) is 0 Å². The monoisotopic (exact) mass is 279 g/mol. The number of rotatable bonds is 6. The smallest absolute Gasteiger partial charge is 0.172 e. The van der Waals surface area contributed by atoms with Crippen LogP contribution in [0.3, 0.4) is 0 Å². The number of ether oxygens (including phenoxy) is 3.